The molecule has 0 spiro atoms. The van der Waals surface area contributed by atoms with Crippen molar-refractivity contribution < 1.29 is 9.21 Å². The maximum Gasteiger partial charge on any atom is 0.169 e. The van der Waals surface area contributed by atoms with E-state index >= 15 is 0 Å². The van der Waals surface area contributed by atoms with Crippen molar-refractivity contribution in [3.8, 4) is 0 Å². The van der Waals surface area contributed by atoms with Gasteiger partial charge < -0.3 is 4.42 Å². The lowest BCUT2D eigenvalue weighted by Crippen LogP contribution is -2.21. The number of hydrogen-bond acceptors (Lipinski definition) is 2. The predicted octanol–water partition coefficient (Wildman–Crippen LogP) is 2.57. The van der Waals surface area contributed by atoms with E-state index in [2.05, 4.69) is 0 Å². The first kappa shape index (κ1) is 7.59. The van der Waals surface area contributed by atoms with Gasteiger partial charge in [-0.25, -0.2) is 0 Å². The predicted molar refractivity (Wildman–Crippen MR) is 45.1 cm³/mol. The molecule has 0 aromatic carbocycles. The zero-order valence-electron chi connectivity index (χ0n) is 7.17. The highest BCUT2D eigenvalue weighted by atomic mass is 16.3. The maximum absolute atomic E-state index is 11.6. The van der Waals surface area contributed by atoms with E-state index < -0.39 is 0 Å². The Hall–Kier alpha value is -1.05. The van der Waals surface area contributed by atoms with E-state index in [0.717, 1.165) is 24.2 Å². The van der Waals surface area contributed by atoms with Gasteiger partial charge in [0.2, 0.25) is 0 Å². The summed E-state index contributed by atoms with van der Waals surface area (Å²) in [6, 6.07) is 1.82. The monoisotopic (exact) mass is 164 g/mol. The molecule has 2 rings (SSSR count). The fourth-order valence-electron chi connectivity index (χ4n) is 1.48. The Kier molecular flexibility index (Phi) is 1.75. The molecule has 0 unspecified atom stereocenters. The lowest BCUT2D eigenvalue weighted by Gasteiger charge is -2.22. The summed E-state index contributed by atoms with van der Waals surface area (Å²) < 4.78 is 5.08. The Bertz CT molecular complexity index is 295. The minimum atomic E-state index is 0.262. The van der Waals surface area contributed by atoms with Gasteiger partial charge in [-0.05, 0) is 25.8 Å². The molecule has 0 saturated heterocycles. The van der Waals surface area contributed by atoms with E-state index in [0.29, 0.717) is 0 Å². The van der Waals surface area contributed by atoms with Crippen LogP contribution in [0.15, 0.2) is 16.7 Å². The van der Waals surface area contributed by atoms with Gasteiger partial charge in [0.15, 0.2) is 5.78 Å². The average Bonchev–Trinajstić information content (AvgIpc) is 2.31. The number of Topliss-reactive ketones (excluding diaryl/α,β-unsaturated/α-hetero) is 1. The molecule has 0 N–H and O–H groups in total. The maximum atomic E-state index is 11.6. The number of ketones is 1. The zero-order chi connectivity index (χ0) is 8.55. The minimum Gasteiger partial charge on any atom is -0.469 e. The van der Waals surface area contributed by atoms with Crippen molar-refractivity contribution in [2.45, 2.75) is 26.2 Å². The second-order valence-corrected chi connectivity index (χ2v) is 3.44. The van der Waals surface area contributed by atoms with Crippen LogP contribution in [0.5, 0.6) is 0 Å². The van der Waals surface area contributed by atoms with E-state index in [-0.39, 0.29) is 11.7 Å². The SMILES string of the molecule is Cc1cc(C(=O)C2CCC2)co1. The zero-order valence-corrected chi connectivity index (χ0v) is 7.17. The molecule has 1 heterocycles. The first-order chi connectivity index (χ1) is 5.77. The summed E-state index contributed by atoms with van der Waals surface area (Å²) >= 11 is 0. The van der Waals surface area contributed by atoms with Crippen LogP contribution in [-0.2, 0) is 0 Å². The molecule has 0 radical (unpaired) electrons. The lowest BCUT2D eigenvalue weighted by molar-refractivity contribution is 0.0854. The molecule has 1 saturated carbocycles. The van der Waals surface area contributed by atoms with Crippen LogP contribution >= 0.6 is 0 Å². The van der Waals surface area contributed by atoms with Crippen molar-refractivity contribution >= 4 is 5.78 Å². The first-order valence-corrected chi connectivity index (χ1v) is 4.37. The van der Waals surface area contributed by atoms with Crippen LogP contribution in [0.3, 0.4) is 0 Å². The van der Waals surface area contributed by atoms with Crippen molar-refractivity contribution in [3.05, 3.63) is 23.7 Å². The molecule has 1 fully saturated rings. The van der Waals surface area contributed by atoms with Crippen LogP contribution in [0.4, 0.5) is 0 Å². The van der Waals surface area contributed by atoms with Gasteiger partial charge in [-0.1, -0.05) is 6.42 Å². The number of rotatable bonds is 2. The summed E-state index contributed by atoms with van der Waals surface area (Å²) in [5, 5.41) is 0. The Morgan fingerprint density at radius 1 is 1.58 bits per heavy atom. The topological polar surface area (TPSA) is 30.2 Å². The molecule has 0 amide bonds. The van der Waals surface area contributed by atoms with E-state index in [1.807, 2.05) is 13.0 Å². The summed E-state index contributed by atoms with van der Waals surface area (Å²) in [5.74, 6) is 1.36. The van der Waals surface area contributed by atoms with Gasteiger partial charge in [0.1, 0.15) is 12.0 Å². The summed E-state index contributed by atoms with van der Waals surface area (Å²) in [6.07, 6.45) is 4.88. The fourth-order valence-corrected chi connectivity index (χ4v) is 1.48. The van der Waals surface area contributed by atoms with Crippen LogP contribution in [0.25, 0.3) is 0 Å². The molecular formula is C10H12O2. The molecule has 2 heteroatoms. The Morgan fingerprint density at radius 2 is 2.33 bits per heavy atom. The van der Waals surface area contributed by atoms with Crippen molar-refractivity contribution in [3.63, 3.8) is 0 Å². The largest absolute Gasteiger partial charge is 0.469 e. The number of carbonyl (C=O) groups is 1. The first-order valence-electron chi connectivity index (χ1n) is 4.37. The van der Waals surface area contributed by atoms with Gasteiger partial charge >= 0.3 is 0 Å². The molecule has 0 bridgehead atoms. The molecule has 1 aliphatic rings. The summed E-state index contributed by atoms with van der Waals surface area (Å²) in [5.41, 5.74) is 0.747. The van der Waals surface area contributed by atoms with Gasteiger partial charge in [0.05, 0.1) is 5.56 Å². The molecule has 64 valence electrons. The van der Waals surface area contributed by atoms with E-state index in [1.165, 1.54) is 6.42 Å². The lowest BCUT2D eigenvalue weighted by atomic mass is 9.80. The second-order valence-electron chi connectivity index (χ2n) is 3.44. The van der Waals surface area contributed by atoms with Crippen LogP contribution in [0.1, 0.15) is 35.4 Å². The van der Waals surface area contributed by atoms with Crippen LogP contribution < -0.4 is 0 Å². The van der Waals surface area contributed by atoms with Gasteiger partial charge in [-0.2, -0.15) is 0 Å². The molecule has 1 aromatic heterocycles. The molecule has 1 aromatic rings. The highest BCUT2D eigenvalue weighted by molar-refractivity contribution is 5.98. The van der Waals surface area contributed by atoms with Crippen molar-refractivity contribution in [1.82, 2.24) is 0 Å². The van der Waals surface area contributed by atoms with Crippen LogP contribution in [-0.4, -0.2) is 5.78 Å². The van der Waals surface area contributed by atoms with E-state index in [1.54, 1.807) is 6.26 Å². The van der Waals surface area contributed by atoms with Gasteiger partial charge in [-0.15, -0.1) is 0 Å². The normalized spacial score (nSPS) is 17.4. The fraction of sp³-hybridized carbons (Fsp3) is 0.500. The highest BCUT2D eigenvalue weighted by Crippen LogP contribution is 2.30. The average molecular weight is 164 g/mol. The Balaban J connectivity index is 2.13. The van der Waals surface area contributed by atoms with Gasteiger partial charge in [-0.3, -0.25) is 4.79 Å². The standard InChI is InChI=1S/C10H12O2/c1-7-5-9(6-12-7)10(11)8-3-2-4-8/h5-6,8H,2-4H2,1H3. The summed E-state index contributed by atoms with van der Waals surface area (Å²) in [6.45, 7) is 1.86. The minimum absolute atomic E-state index is 0.262. The second kappa shape index (κ2) is 2.77. The summed E-state index contributed by atoms with van der Waals surface area (Å²) in [7, 11) is 0. The van der Waals surface area contributed by atoms with Gasteiger partial charge in [0.25, 0.3) is 0 Å². The third kappa shape index (κ3) is 1.17. The molecule has 1 aliphatic carbocycles. The summed E-state index contributed by atoms with van der Waals surface area (Å²) in [4.78, 5) is 11.6. The van der Waals surface area contributed by atoms with Gasteiger partial charge in [0, 0.05) is 5.92 Å². The number of hydrogen-bond donors (Lipinski definition) is 0. The number of furan rings is 1. The van der Waals surface area contributed by atoms with Crippen molar-refractivity contribution in [1.29, 1.82) is 0 Å². The molecular weight excluding hydrogens is 152 g/mol. The number of carbonyl (C=O) groups excluding carboxylic acids is 1. The Labute approximate surface area is 71.6 Å². The molecule has 0 atom stereocenters. The third-order valence-corrected chi connectivity index (χ3v) is 2.49. The van der Waals surface area contributed by atoms with Crippen molar-refractivity contribution in [2.75, 3.05) is 0 Å². The van der Waals surface area contributed by atoms with Crippen LogP contribution in [0, 0.1) is 12.8 Å². The molecule has 2 nitrogen and oxygen atoms in total. The smallest absolute Gasteiger partial charge is 0.169 e. The number of aryl methyl sites for hydroxylation is 1. The highest BCUT2D eigenvalue weighted by Gasteiger charge is 2.26. The Morgan fingerprint density at radius 3 is 2.75 bits per heavy atom. The molecule has 0 aliphatic heterocycles. The molecule has 12 heavy (non-hydrogen) atoms. The quantitative estimate of drug-likeness (QED) is 0.629. The van der Waals surface area contributed by atoms with Crippen LogP contribution in [0.2, 0.25) is 0 Å². The van der Waals surface area contributed by atoms with E-state index in [4.69, 9.17) is 4.42 Å². The third-order valence-electron chi connectivity index (χ3n) is 2.49. The van der Waals surface area contributed by atoms with E-state index in [9.17, 15) is 4.79 Å². The van der Waals surface area contributed by atoms with Crippen molar-refractivity contribution in [2.24, 2.45) is 5.92 Å².